The third-order valence-electron chi connectivity index (χ3n) is 6.72. The molecule has 1 aliphatic rings. The number of rotatable bonds is 6. The van der Waals surface area contributed by atoms with Crippen molar-refractivity contribution < 1.29 is 4.79 Å². The first-order valence-electron chi connectivity index (χ1n) is 11.8. The van der Waals surface area contributed by atoms with Crippen LogP contribution in [0.2, 0.25) is 0 Å². The van der Waals surface area contributed by atoms with Crippen molar-refractivity contribution >= 4 is 22.9 Å². The minimum absolute atomic E-state index is 0.00652. The number of carbonyl (C=O) groups excluding carboxylic acids is 1. The Morgan fingerprint density at radius 1 is 1.11 bits per heavy atom. The summed E-state index contributed by atoms with van der Waals surface area (Å²) < 4.78 is 2.03. The Hall–Kier alpha value is -4.04. The molecule has 35 heavy (non-hydrogen) atoms. The minimum atomic E-state index is -0.00652. The maximum atomic E-state index is 11.9. The van der Waals surface area contributed by atoms with Crippen LogP contribution in [0.15, 0.2) is 73.6 Å². The van der Waals surface area contributed by atoms with Crippen LogP contribution in [0.1, 0.15) is 18.4 Å². The van der Waals surface area contributed by atoms with Gasteiger partial charge in [-0.05, 0) is 60.9 Å². The van der Waals surface area contributed by atoms with E-state index < -0.39 is 0 Å². The van der Waals surface area contributed by atoms with Crippen molar-refractivity contribution in [3.05, 3.63) is 79.1 Å². The number of amides is 1. The number of piperidine rings is 1. The first kappa shape index (κ1) is 22.7. The van der Waals surface area contributed by atoms with Crippen LogP contribution in [0.5, 0.6) is 0 Å². The molecule has 0 saturated carbocycles. The normalized spacial score (nSPS) is 14.8. The number of aromatic nitrogens is 4. The molecular weight excluding hydrogens is 438 g/mol. The highest BCUT2D eigenvalue weighted by atomic mass is 16.2. The molecule has 4 heterocycles. The van der Waals surface area contributed by atoms with E-state index in [4.69, 9.17) is 10.7 Å². The van der Waals surface area contributed by atoms with Gasteiger partial charge in [-0.25, -0.2) is 15.0 Å². The van der Waals surface area contributed by atoms with Crippen molar-refractivity contribution in [2.75, 3.05) is 25.9 Å². The average Bonchev–Trinajstić information content (AvgIpc) is 3.28. The number of likely N-dealkylation sites (tertiary alicyclic amines) is 1. The van der Waals surface area contributed by atoms with Gasteiger partial charge in [0, 0.05) is 50.8 Å². The van der Waals surface area contributed by atoms with Gasteiger partial charge in [-0.1, -0.05) is 18.7 Å². The van der Waals surface area contributed by atoms with Crippen LogP contribution < -0.4 is 5.73 Å². The number of nitrogens with two attached hydrogens (primary N) is 1. The second-order valence-corrected chi connectivity index (χ2v) is 8.88. The number of hydrogen-bond donors (Lipinski definition) is 1. The predicted octanol–water partition coefficient (Wildman–Crippen LogP) is 3.67. The summed E-state index contributed by atoms with van der Waals surface area (Å²) in [5.41, 5.74) is 10.7. The van der Waals surface area contributed by atoms with Gasteiger partial charge in [0.1, 0.15) is 11.3 Å². The second-order valence-electron chi connectivity index (χ2n) is 8.88. The Bertz CT molecular complexity index is 1350. The summed E-state index contributed by atoms with van der Waals surface area (Å²) in [5.74, 6) is 1.15. The van der Waals surface area contributed by atoms with Crippen LogP contribution in [0.25, 0.3) is 28.2 Å². The fraction of sp³-hybridized carbons (Fsp3) is 0.259. The van der Waals surface area contributed by atoms with Crippen LogP contribution in [0.3, 0.4) is 0 Å². The Morgan fingerprint density at radius 3 is 2.54 bits per heavy atom. The van der Waals surface area contributed by atoms with Gasteiger partial charge in [-0.3, -0.25) is 14.3 Å². The molecule has 1 aliphatic heterocycles. The quantitative estimate of drug-likeness (QED) is 0.435. The lowest BCUT2D eigenvalue weighted by Crippen LogP contribution is -2.44. The highest BCUT2D eigenvalue weighted by Crippen LogP contribution is 2.30. The van der Waals surface area contributed by atoms with Crippen molar-refractivity contribution in [3.8, 4) is 17.1 Å². The van der Waals surface area contributed by atoms with E-state index in [1.165, 1.54) is 11.6 Å². The molecule has 1 aromatic carbocycles. The maximum Gasteiger partial charge on any atom is 0.245 e. The van der Waals surface area contributed by atoms with Crippen molar-refractivity contribution in [3.63, 3.8) is 0 Å². The summed E-state index contributed by atoms with van der Waals surface area (Å²) in [6.45, 7) is 6.39. The molecule has 0 bridgehead atoms. The number of hydrogen-bond acceptors (Lipinski definition) is 6. The molecular formula is C27H29N7O. The second kappa shape index (κ2) is 9.68. The molecule has 0 atom stereocenters. The number of carbonyl (C=O) groups is 1. The van der Waals surface area contributed by atoms with E-state index in [1.807, 2.05) is 40.8 Å². The van der Waals surface area contributed by atoms with Crippen molar-refractivity contribution in [1.29, 1.82) is 0 Å². The van der Waals surface area contributed by atoms with E-state index >= 15 is 0 Å². The summed E-state index contributed by atoms with van der Waals surface area (Å²) in [5, 5.41) is 0. The molecule has 4 aromatic rings. The number of pyridine rings is 2. The molecule has 8 nitrogen and oxygen atoms in total. The molecule has 1 fully saturated rings. The topological polar surface area (TPSA) is 93.2 Å². The van der Waals surface area contributed by atoms with Gasteiger partial charge in [-0.15, -0.1) is 0 Å². The Kier molecular flexibility index (Phi) is 6.29. The number of benzene rings is 1. The van der Waals surface area contributed by atoms with Crippen LogP contribution in [-0.2, 0) is 11.3 Å². The molecule has 178 valence electrons. The fourth-order valence-corrected chi connectivity index (χ4v) is 4.74. The van der Waals surface area contributed by atoms with E-state index in [0.717, 1.165) is 60.7 Å². The zero-order valence-electron chi connectivity index (χ0n) is 19.8. The zero-order valence-corrected chi connectivity index (χ0v) is 19.8. The molecule has 1 saturated heterocycles. The standard InChI is InChI=1S/C27H29N7O/c1-3-24(35)32(2)20-12-16-33(17-13-20)18-19-8-10-21(11-9-19)34-26(22-6-4-14-29-25(22)28)31-23-7-5-15-30-27(23)34/h3-11,14-15,20H,1,12-13,16-18H2,2H3,(H2,28,29). The smallest absolute Gasteiger partial charge is 0.245 e. The van der Waals surface area contributed by atoms with E-state index in [1.54, 1.807) is 12.4 Å². The fourth-order valence-electron chi connectivity index (χ4n) is 4.74. The lowest BCUT2D eigenvalue weighted by atomic mass is 10.0. The molecule has 3 aromatic heterocycles. The minimum Gasteiger partial charge on any atom is -0.383 e. The number of anilines is 1. The van der Waals surface area contributed by atoms with Crippen LogP contribution in [-0.4, -0.2) is 61.4 Å². The van der Waals surface area contributed by atoms with Crippen LogP contribution in [0, 0.1) is 0 Å². The average molecular weight is 468 g/mol. The van der Waals surface area contributed by atoms with Crippen molar-refractivity contribution in [2.45, 2.75) is 25.4 Å². The number of nitrogen functional groups attached to an aromatic ring is 1. The number of imidazole rings is 1. The molecule has 8 heteroatoms. The maximum absolute atomic E-state index is 11.9. The Labute approximate surface area is 204 Å². The monoisotopic (exact) mass is 467 g/mol. The van der Waals surface area contributed by atoms with E-state index in [-0.39, 0.29) is 11.9 Å². The van der Waals surface area contributed by atoms with Gasteiger partial charge >= 0.3 is 0 Å². The van der Waals surface area contributed by atoms with Gasteiger partial charge in [-0.2, -0.15) is 0 Å². The molecule has 0 radical (unpaired) electrons. The van der Waals surface area contributed by atoms with Gasteiger partial charge in [0.2, 0.25) is 5.91 Å². The number of nitrogens with zero attached hydrogens (tertiary/aromatic N) is 6. The molecule has 0 unspecified atom stereocenters. The third kappa shape index (κ3) is 4.52. The Balaban J connectivity index is 1.36. The number of likely N-dealkylation sites (N-methyl/N-ethyl adjacent to an activating group) is 1. The summed E-state index contributed by atoms with van der Waals surface area (Å²) in [7, 11) is 1.87. The molecule has 0 aliphatic carbocycles. The first-order valence-corrected chi connectivity index (χ1v) is 11.8. The third-order valence-corrected chi connectivity index (χ3v) is 6.72. The molecule has 0 spiro atoms. The summed E-state index contributed by atoms with van der Waals surface area (Å²) in [6, 6.07) is 16.4. The first-order chi connectivity index (χ1) is 17.0. The summed E-state index contributed by atoms with van der Waals surface area (Å²) in [4.78, 5) is 29.8. The SMILES string of the molecule is C=CC(=O)N(C)C1CCN(Cc2ccc(-n3c(-c4cccnc4N)nc4cccnc43)cc2)CC1. The largest absolute Gasteiger partial charge is 0.383 e. The van der Waals surface area contributed by atoms with E-state index in [0.29, 0.717) is 5.82 Å². The molecule has 1 amide bonds. The molecule has 2 N–H and O–H groups in total. The Morgan fingerprint density at radius 2 is 1.83 bits per heavy atom. The number of fused-ring (bicyclic) bond motifs is 1. The van der Waals surface area contributed by atoms with Crippen LogP contribution in [0.4, 0.5) is 5.82 Å². The lowest BCUT2D eigenvalue weighted by molar-refractivity contribution is -0.127. The van der Waals surface area contributed by atoms with Crippen molar-refractivity contribution in [2.24, 2.45) is 0 Å². The van der Waals surface area contributed by atoms with Gasteiger partial charge < -0.3 is 10.6 Å². The highest BCUT2D eigenvalue weighted by molar-refractivity contribution is 5.87. The zero-order chi connectivity index (χ0) is 24.4. The van der Waals surface area contributed by atoms with Gasteiger partial charge in [0.15, 0.2) is 11.5 Å². The lowest BCUT2D eigenvalue weighted by Gasteiger charge is -2.36. The predicted molar refractivity (Wildman–Crippen MR) is 138 cm³/mol. The van der Waals surface area contributed by atoms with Gasteiger partial charge in [0.05, 0.1) is 5.56 Å². The summed E-state index contributed by atoms with van der Waals surface area (Å²) >= 11 is 0. The highest BCUT2D eigenvalue weighted by Gasteiger charge is 2.24. The molecule has 5 rings (SSSR count). The van der Waals surface area contributed by atoms with E-state index in [9.17, 15) is 4.79 Å². The van der Waals surface area contributed by atoms with E-state index in [2.05, 4.69) is 45.7 Å². The summed E-state index contributed by atoms with van der Waals surface area (Å²) in [6.07, 6.45) is 6.78. The van der Waals surface area contributed by atoms with Crippen molar-refractivity contribution in [1.82, 2.24) is 29.3 Å². The van der Waals surface area contributed by atoms with Crippen LogP contribution >= 0.6 is 0 Å². The van der Waals surface area contributed by atoms with Gasteiger partial charge in [0.25, 0.3) is 0 Å².